The van der Waals surface area contributed by atoms with Crippen molar-refractivity contribution in [2.45, 2.75) is 66.0 Å². The summed E-state index contributed by atoms with van der Waals surface area (Å²) in [7, 11) is 0. The fourth-order valence-corrected chi connectivity index (χ4v) is 3.98. The molecule has 0 spiro atoms. The van der Waals surface area contributed by atoms with E-state index in [9.17, 15) is 4.79 Å². The highest BCUT2D eigenvalue weighted by atomic mass is 16.6. The van der Waals surface area contributed by atoms with E-state index in [2.05, 4.69) is 40.2 Å². The number of nitrogens with two attached hydrogens (primary N) is 1. The van der Waals surface area contributed by atoms with Gasteiger partial charge in [0, 0.05) is 11.8 Å². The zero-order valence-electron chi connectivity index (χ0n) is 20.6. The van der Waals surface area contributed by atoms with Crippen LogP contribution in [0.5, 0.6) is 5.75 Å². The summed E-state index contributed by atoms with van der Waals surface area (Å²) >= 11 is 0. The van der Waals surface area contributed by atoms with Crippen molar-refractivity contribution in [1.29, 1.82) is 0 Å². The lowest BCUT2D eigenvalue weighted by molar-refractivity contribution is 0.0408. The van der Waals surface area contributed by atoms with E-state index >= 15 is 0 Å². The van der Waals surface area contributed by atoms with Gasteiger partial charge in [-0.15, -0.1) is 0 Å². The number of anilines is 1. The fourth-order valence-electron chi connectivity index (χ4n) is 3.98. The van der Waals surface area contributed by atoms with Gasteiger partial charge in [0.2, 0.25) is 0 Å². The molecule has 2 aromatic heterocycles. The van der Waals surface area contributed by atoms with E-state index in [0.29, 0.717) is 24.1 Å². The monoisotopic (exact) mass is 453 g/mol. The number of nitrogens with zero attached hydrogens (tertiary/aromatic N) is 2. The van der Waals surface area contributed by atoms with E-state index in [-0.39, 0.29) is 0 Å². The SMILES string of the molecule is Cc1cc(-c2ccnc3nc(N)[nH]c23)ccc1OCC(C)(CC(C)C)NC(=O)OC(C)(C)C. The minimum absolute atomic E-state index is 0.321. The summed E-state index contributed by atoms with van der Waals surface area (Å²) < 4.78 is 11.7. The Morgan fingerprint density at radius 2 is 1.94 bits per heavy atom. The van der Waals surface area contributed by atoms with Gasteiger partial charge >= 0.3 is 6.09 Å². The van der Waals surface area contributed by atoms with E-state index in [4.69, 9.17) is 15.2 Å². The summed E-state index contributed by atoms with van der Waals surface area (Å²) in [6.45, 7) is 14.1. The Morgan fingerprint density at radius 3 is 2.58 bits per heavy atom. The first-order chi connectivity index (χ1) is 15.3. The van der Waals surface area contributed by atoms with E-state index in [0.717, 1.165) is 34.4 Å². The number of aromatic amines is 1. The number of rotatable bonds is 7. The second-order valence-electron chi connectivity index (χ2n) is 10.2. The number of hydrogen-bond donors (Lipinski definition) is 3. The van der Waals surface area contributed by atoms with Gasteiger partial charge in [-0.2, -0.15) is 4.98 Å². The van der Waals surface area contributed by atoms with Crippen LogP contribution in [0, 0.1) is 12.8 Å². The molecular weight excluding hydrogens is 418 g/mol. The van der Waals surface area contributed by atoms with Gasteiger partial charge in [0.1, 0.15) is 18.0 Å². The van der Waals surface area contributed by atoms with Crippen molar-refractivity contribution in [2.75, 3.05) is 12.3 Å². The van der Waals surface area contributed by atoms with Crippen molar-refractivity contribution in [2.24, 2.45) is 5.92 Å². The van der Waals surface area contributed by atoms with Gasteiger partial charge in [0.05, 0.1) is 11.1 Å². The summed E-state index contributed by atoms with van der Waals surface area (Å²) in [4.78, 5) is 24.0. The van der Waals surface area contributed by atoms with Crippen molar-refractivity contribution < 1.29 is 14.3 Å². The van der Waals surface area contributed by atoms with Crippen molar-refractivity contribution in [3.63, 3.8) is 0 Å². The normalized spacial score (nSPS) is 13.7. The fraction of sp³-hybridized carbons (Fsp3) is 0.480. The zero-order chi connectivity index (χ0) is 24.4. The minimum atomic E-state index is -0.577. The van der Waals surface area contributed by atoms with Crippen LogP contribution in [0.25, 0.3) is 22.3 Å². The number of ether oxygens (including phenoxy) is 2. The van der Waals surface area contributed by atoms with Gasteiger partial charge in [0.25, 0.3) is 0 Å². The first kappa shape index (κ1) is 24.4. The summed E-state index contributed by atoms with van der Waals surface area (Å²) in [6.07, 6.45) is 2.03. The van der Waals surface area contributed by atoms with Crippen LogP contribution >= 0.6 is 0 Å². The van der Waals surface area contributed by atoms with Gasteiger partial charge in [-0.3, -0.25) is 0 Å². The number of carbonyl (C=O) groups excluding carboxylic acids is 1. The highest BCUT2D eigenvalue weighted by Crippen LogP contribution is 2.31. The van der Waals surface area contributed by atoms with Crippen LogP contribution < -0.4 is 15.8 Å². The largest absolute Gasteiger partial charge is 0.491 e. The maximum Gasteiger partial charge on any atom is 0.408 e. The number of amides is 1. The second-order valence-corrected chi connectivity index (χ2v) is 10.2. The summed E-state index contributed by atoms with van der Waals surface area (Å²) in [5.74, 6) is 1.46. The maximum absolute atomic E-state index is 12.4. The molecule has 4 N–H and O–H groups in total. The molecule has 0 radical (unpaired) electrons. The molecule has 1 unspecified atom stereocenters. The lowest BCUT2D eigenvalue weighted by atomic mass is 9.91. The molecule has 3 aromatic rings. The molecule has 2 heterocycles. The van der Waals surface area contributed by atoms with E-state index in [1.165, 1.54) is 0 Å². The third-order valence-corrected chi connectivity index (χ3v) is 5.10. The van der Waals surface area contributed by atoms with Gasteiger partial charge in [0.15, 0.2) is 11.6 Å². The number of carbonyl (C=O) groups is 1. The third-order valence-electron chi connectivity index (χ3n) is 5.10. The van der Waals surface area contributed by atoms with Crippen LogP contribution in [0.3, 0.4) is 0 Å². The minimum Gasteiger partial charge on any atom is -0.491 e. The maximum atomic E-state index is 12.4. The number of pyridine rings is 1. The first-order valence-corrected chi connectivity index (χ1v) is 11.2. The number of fused-ring (bicyclic) bond motifs is 1. The Morgan fingerprint density at radius 1 is 1.21 bits per heavy atom. The number of nitrogen functional groups attached to an aromatic ring is 1. The van der Waals surface area contributed by atoms with Crippen LogP contribution in [0.4, 0.5) is 10.7 Å². The predicted octanol–water partition coefficient (Wildman–Crippen LogP) is 5.22. The molecule has 3 rings (SSSR count). The molecule has 0 saturated carbocycles. The lowest BCUT2D eigenvalue weighted by Crippen LogP contribution is -2.52. The van der Waals surface area contributed by atoms with Gasteiger partial charge < -0.3 is 25.5 Å². The number of benzene rings is 1. The molecule has 0 aliphatic rings. The van der Waals surface area contributed by atoms with Crippen LogP contribution in [0.2, 0.25) is 0 Å². The number of aromatic nitrogens is 3. The van der Waals surface area contributed by atoms with Crippen LogP contribution in [-0.4, -0.2) is 38.8 Å². The van der Waals surface area contributed by atoms with Crippen LogP contribution in [0.15, 0.2) is 30.5 Å². The molecule has 33 heavy (non-hydrogen) atoms. The lowest BCUT2D eigenvalue weighted by Gasteiger charge is -2.33. The number of nitrogens with one attached hydrogen (secondary N) is 2. The van der Waals surface area contributed by atoms with Crippen LogP contribution in [-0.2, 0) is 4.74 Å². The number of alkyl carbamates (subject to hydrolysis) is 1. The molecule has 8 heteroatoms. The highest BCUT2D eigenvalue weighted by Gasteiger charge is 2.31. The van der Waals surface area contributed by atoms with Crippen molar-refractivity contribution in [1.82, 2.24) is 20.3 Å². The predicted molar refractivity (Wildman–Crippen MR) is 131 cm³/mol. The number of H-pyrrole nitrogens is 1. The molecule has 8 nitrogen and oxygen atoms in total. The molecule has 178 valence electrons. The van der Waals surface area contributed by atoms with Crippen molar-refractivity contribution in [3.05, 3.63) is 36.0 Å². The standard InChI is InChI=1S/C25H35N5O3/c1-15(2)13-25(7,30-23(31)33-24(4,5)6)14-32-19-9-8-17(12-16(19)3)18-10-11-27-21-20(18)28-22(26)29-21/h8-12,15H,13-14H2,1-7H3,(H,30,31)(H3,26,27,28,29). The molecular formula is C25H35N5O3. The Labute approximate surface area is 195 Å². The molecule has 0 aliphatic heterocycles. The van der Waals surface area contributed by atoms with Gasteiger partial charge in [-0.25, -0.2) is 9.78 Å². The molecule has 0 fully saturated rings. The molecule has 1 amide bonds. The van der Waals surface area contributed by atoms with Crippen molar-refractivity contribution >= 4 is 23.2 Å². The van der Waals surface area contributed by atoms with Crippen molar-refractivity contribution in [3.8, 4) is 16.9 Å². The molecule has 1 atom stereocenters. The van der Waals surface area contributed by atoms with E-state index < -0.39 is 17.2 Å². The summed E-state index contributed by atoms with van der Waals surface area (Å²) in [6, 6.07) is 7.93. The molecule has 1 aromatic carbocycles. The molecule has 0 saturated heterocycles. The average molecular weight is 454 g/mol. The topological polar surface area (TPSA) is 115 Å². The first-order valence-electron chi connectivity index (χ1n) is 11.2. The van der Waals surface area contributed by atoms with E-state index in [1.807, 2.05) is 52.8 Å². The zero-order valence-corrected chi connectivity index (χ0v) is 20.6. The molecule has 0 aliphatic carbocycles. The van der Waals surface area contributed by atoms with Gasteiger partial charge in [-0.05, 0) is 76.3 Å². The second kappa shape index (κ2) is 9.29. The average Bonchev–Trinajstić information content (AvgIpc) is 3.04. The Hall–Kier alpha value is -3.29. The highest BCUT2D eigenvalue weighted by molar-refractivity contribution is 5.90. The van der Waals surface area contributed by atoms with Crippen LogP contribution in [0.1, 0.15) is 53.5 Å². The summed E-state index contributed by atoms with van der Waals surface area (Å²) in [5, 5.41) is 3.01. The van der Waals surface area contributed by atoms with Gasteiger partial charge in [-0.1, -0.05) is 19.9 Å². The number of aryl methyl sites for hydroxylation is 1. The smallest absolute Gasteiger partial charge is 0.408 e. The number of hydrogen-bond acceptors (Lipinski definition) is 6. The Kier molecular flexibility index (Phi) is 6.86. The molecule has 0 bridgehead atoms. The Bertz CT molecular complexity index is 1130. The Balaban J connectivity index is 1.78. The van der Waals surface area contributed by atoms with E-state index in [1.54, 1.807) is 6.20 Å². The number of imidazole rings is 1. The third kappa shape index (κ3) is 6.37. The summed E-state index contributed by atoms with van der Waals surface area (Å²) in [5.41, 5.74) is 9.01. The quantitative estimate of drug-likeness (QED) is 0.451.